The van der Waals surface area contributed by atoms with Crippen molar-refractivity contribution in [2.45, 2.75) is 51.7 Å². The lowest BCUT2D eigenvalue weighted by Crippen LogP contribution is -2.47. The Morgan fingerprint density at radius 2 is 1.42 bits per heavy atom. The van der Waals surface area contributed by atoms with E-state index in [0.717, 1.165) is 16.7 Å². The number of aliphatic hydroxyl groups is 1. The molecule has 0 aliphatic carbocycles. The highest BCUT2D eigenvalue weighted by molar-refractivity contribution is 5.56. The molecule has 0 spiro atoms. The standard InChI is InChI=1S/C24H33NO/c1-18(17-20-11-9-8-10-12-20)24(26,19(2)25(6)7)22-15-13-21(14-16-22)23(3,4)5/h8-17,19,26H,1-7H3/b18-17+. The molecule has 2 heteroatoms. The predicted octanol–water partition coefficient (Wildman–Crippen LogP) is 5.23. The Kier molecular flexibility index (Phi) is 6.10. The molecule has 2 aromatic rings. The van der Waals surface area contributed by atoms with E-state index >= 15 is 0 Å². The first-order chi connectivity index (χ1) is 12.1. The normalized spacial score (nSPS) is 16.4. The SMILES string of the molecule is C/C(=C\c1ccccc1)C(O)(c1ccc(C(C)(C)C)cc1)C(C)N(C)C. The fourth-order valence-corrected chi connectivity index (χ4v) is 3.31. The van der Waals surface area contributed by atoms with Crippen LogP contribution in [0.15, 0.2) is 60.2 Å². The Morgan fingerprint density at radius 3 is 1.88 bits per heavy atom. The van der Waals surface area contributed by atoms with Gasteiger partial charge in [-0.25, -0.2) is 0 Å². The van der Waals surface area contributed by atoms with E-state index in [-0.39, 0.29) is 11.5 Å². The minimum atomic E-state index is -1.06. The van der Waals surface area contributed by atoms with Crippen molar-refractivity contribution in [3.8, 4) is 0 Å². The third kappa shape index (κ3) is 4.25. The fourth-order valence-electron chi connectivity index (χ4n) is 3.31. The van der Waals surface area contributed by atoms with E-state index in [2.05, 4.69) is 75.1 Å². The molecule has 2 rings (SSSR count). The summed E-state index contributed by atoms with van der Waals surface area (Å²) >= 11 is 0. The quantitative estimate of drug-likeness (QED) is 0.798. The lowest BCUT2D eigenvalue weighted by Gasteiger charge is -2.39. The molecule has 0 aliphatic rings. The van der Waals surface area contributed by atoms with Crippen LogP contribution < -0.4 is 0 Å². The lowest BCUT2D eigenvalue weighted by atomic mass is 9.78. The molecule has 0 fully saturated rings. The Morgan fingerprint density at radius 1 is 0.923 bits per heavy atom. The molecule has 0 aliphatic heterocycles. The van der Waals surface area contributed by atoms with Crippen LogP contribution in [0.2, 0.25) is 0 Å². The van der Waals surface area contributed by atoms with Gasteiger partial charge in [0.2, 0.25) is 0 Å². The van der Waals surface area contributed by atoms with E-state index < -0.39 is 5.60 Å². The molecule has 2 nitrogen and oxygen atoms in total. The molecule has 2 unspecified atom stereocenters. The third-order valence-corrected chi connectivity index (χ3v) is 5.35. The van der Waals surface area contributed by atoms with E-state index in [1.165, 1.54) is 5.56 Å². The Hall–Kier alpha value is -1.90. The second kappa shape index (κ2) is 7.77. The predicted molar refractivity (Wildman–Crippen MR) is 112 cm³/mol. The summed E-state index contributed by atoms with van der Waals surface area (Å²) in [5.41, 5.74) is 3.27. The summed E-state index contributed by atoms with van der Waals surface area (Å²) in [5, 5.41) is 11.8. The number of rotatable bonds is 5. The summed E-state index contributed by atoms with van der Waals surface area (Å²) in [4.78, 5) is 2.07. The number of nitrogens with zero attached hydrogens (tertiary/aromatic N) is 1. The van der Waals surface area contributed by atoms with E-state index in [4.69, 9.17) is 0 Å². The number of hydrogen-bond donors (Lipinski definition) is 1. The summed E-state index contributed by atoms with van der Waals surface area (Å²) in [6.07, 6.45) is 2.08. The summed E-state index contributed by atoms with van der Waals surface area (Å²) < 4.78 is 0. The zero-order chi connectivity index (χ0) is 19.5. The van der Waals surface area contributed by atoms with Gasteiger partial charge in [0.25, 0.3) is 0 Å². The van der Waals surface area contributed by atoms with Crippen LogP contribution in [-0.4, -0.2) is 30.1 Å². The first-order valence-corrected chi connectivity index (χ1v) is 9.30. The van der Waals surface area contributed by atoms with Crippen LogP contribution in [0.25, 0.3) is 6.08 Å². The molecule has 0 saturated carbocycles. The molecule has 0 radical (unpaired) electrons. The summed E-state index contributed by atoms with van der Waals surface area (Å²) in [6.45, 7) is 10.7. The molecule has 0 saturated heterocycles. The molecule has 140 valence electrons. The van der Waals surface area contributed by atoms with Crippen LogP contribution in [0.5, 0.6) is 0 Å². The highest BCUT2D eigenvalue weighted by Crippen LogP contribution is 2.37. The van der Waals surface area contributed by atoms with Gasteiger partial charge in [-0.15, -0.1) is 0 Å². The fraction of sp³-hybridized carbons (Fsp3) is 0.417. The van der Waals surface area contributed by atoms with Crippen LogP contribution in [0, 0.1) is 0 Å². The lowest BCUT2D eigenvalue weighted by molar-refractivity contribution is 0.00236. The zero-order valence-electron chi connectivity index (χ0n) is 17.2. The van der Waals surface area contributed by atoms with Crippen LogP contribution in [0.1, 0.15) is 51.3 Å². The van der Waals surface area contributed by atoms with Crippen LogP contribution in [0.3, 0.4) is 0 Å². The molecule has 2 aromatic carbocycles. The average Bonchev–Trinajstić information content (AvgIpc) is 2.60. The Labute approximate surface area is 159 Å². The highest BCUT2D eigenvalue weighted by Gasteiger charge is 2.38. The van der Waals surface area contributed by atoms with Gasteiger partial charge in [0.1, 0.15) is 5.60 Å². The first kappa shape index (κ1) is 20.4. The van der Waals surface area contributed by atoms with Gasteiger partial charge in [-0.1, -0.05) is 81.4 Å². The summed E-state index contributed by atoms with van der Waals surface area (Å²) in [6, 6.07) is 18.5. The molecule has 0 amide bonds. The first-order valence-electron chi connectivity index (χ1n) is 9.30. The molecule has 1 N–H and O–H groups in total. The summed E-state index contributed by atoms with van der Waals surface area (Å²) in [7, 11) is 4.02. The summed E-state index contributed by atoms with van der Waals surface area (Å²) in [5.74, 6) is 0. The van der Waals surface area contributed by atoms with Gasteiger partial charge in [-0.2, -0.15) is 0 Å². The third-order valence-electron chi connectivity index (χ3n) is 5.35. The van der Waals surface area contributed by atoms with Crippen molar-refractivity contribution in [3.05, 3.63) is 76.9 Å². The average molecular weight is 352 g/mol. The Bertz CT molecular complexity index is 738. The topological polar surface area (TPSA) is 23.5 Å². The Balaban J connectivity index is 2.54. The molecule has 0 bridgehead atoms. The van der Waals surface area contributed by atoms with E-state index in [9.17, 15) is 5.11 Å². The van der Waals surface area contributed by atoms with Gasteiger partial charge < -0.3 is 10.0 Å². The molecule has 0 aromatic heterocycles. The van der Waals surface area contributed by atoms with Crippen molar-refractivity contribution in [2.75, 3.05) is 14.1 Å². The molecular weight excluding hydrogens is 318 g/mol. The molecule has 2 atom stereocenters. The van der Waals surface area contributed by atoms with Crippen molar-refractivity contribution >= 4 is 6.08 Å². The highest BCUT2D eigenvalue weighted by atomic mass is 16.3. The van der Waals surface area contributed by atoms with Gasteiger partial charge in [-0.3, -0.25) is 0 Å². The van der Waals surface area contributed by atoms with Gasteiger partial charge in [0.15, 0.2) is 0 Å². The van der Waals surface area contributed by atoms with Crippen LogP contribution in [-0.2, 0) is 11.0 Å². The van der Waals surface area contributed by atoms with Gasteiger partial charge in [-0.05, 0) is 55.6 Å². The monoisotopic (exact) mass is 351 g/mol. The second-order valence-electron chi connectivity index (χ2n) is 8.47. The van der Waals surface area contributed by atoms with Crippen molar-refractivity contribution < 1.29 is 5.11 Å². The maximum absolute atomic E-state index is 11.8. The van der Waals surface area contributed by atoms with Gasteiger partial charge in [0, 0.05) is 6.04 Å². The molecule has 26 heavy (non-hydrogen) atoms. The molecule has 0 heterocycles. The largest absolute Gasteiger partial charge is 0.379 e. The maximum Gasteiger partial charge on any atom is 0.126 e. The second-order valence-corrected chi connectivity index (χ2v) is 8.47. The van der Waals surface area contributed by atoms with Crippen molar-refractivity contribution in [1.82, 2.24) is 4.90 Å². The van der Waals surface area contributed by atoms with Crippen molar-refractivity contribution in [2.24, 2.45) is 0 Å². The number of likely N-dealkylation sites (N-methyl/N-ethyl adjacent to an activating group) is 1. The van der Waals surface area contributed by atoms with Crippen LogP contribution in [0.4, 0.5) is 0 Å². The van der Waals surface area contributed by atoms with Gasteiger partial charge >= 0.3 is 0 Å². The van der Waals surface area contributed by atoms with Gasteiger partial charge in [0.05, 0.1) is 0 Å². The maximum atomic E-state index is 11.8. The van der Waals surface area contributed by atoms with Crippen molar-refractivity contribution in [3.63, 3.8) is 0 Å². The van der Waals surface area contributed by atoms with Crippen molar-refractivity contribution in [1.29, 1.82) is 0 Å². The van der Waals surface area contributed by atoms with E-state index in [0.29, 0.717) is 0 Å². The van der Waals surface area contributed by atoms with E-state index in [1.54, 1.807) is 0 Å². The minimum absolute atomic E-state index is 0.0667. The van der Waals surface area contributed by atoms with E-state index in [1.807, 2.05) is 39.2 Å². The zero-order valence-corrected chi connectivity index (χ0v) is 17.2. The number of benzene rings is 2. The molecular formula is C24H33NO. The van der Waals surface area contributed by atoms with Crippen LogP contribution >= 0.6 is 0 Å². The smallest absolute Gasteiger partial charge is 0.126 e. The minimum Gasteiger partial charge on any atom is -0.379 e. The number of hydrogen-bond acceptors (Lipinski definition) is 2.